The SMILES string of the molecule is CCN(CC(=O)NC(C)(C)C)C(=O)C1CC(=O)Nc2ccccc21. The van der Waals surface area contributed by atoms with Crippen LogP contribution in [-0.4, -0.2) is 41.2 Å². The number of carbonyl (C=O) groups is 3. The first-order valence-electron chi connectivity index (χ1n) is 8.20. The highest BCUT2D eigenvalue weighted by Gasteiger charge is 2.33. The van der Waals surface area contributed by atoms with Crippen molar-refractivity contribution in [2.24, 2.45) is 0 Å². The summed E-state index contributed by atoms with van der Waals surface area (Å²) in [4.78, 5) is 38.4. The van der Waals surface area contributed by atoms with Crippen molar-refractivity contribution in [2.45, 2.75) is 45.6 Å². The maximum Gasteiger partial charge on any atom is 0.240 e. The molecule has 1 atom stereocenters. The molecule has 0 spiro atoms. The first-order valence-corrected chi connectivity index (χ1v) is 8.20. The number of hydrogen-bond donors (Lipinski definition) is 2. The summed E-state index contributed by atoms with van der Waals surface area (Å²) in [5.41, 5.74) is 1.12. The predicted octanol–water partition coefficient (Wildman–Crippen LogP) is 1.88. The van der Waals surface area contributed by atoms with E-state index in [9.17, 15) is 14.4 Å². The van der Waals surface area contributed by atoms with Gasteiger partial charge in [-0.15, -0.1) is 0 Å². The van der Waals surface area contributed by atoms with E-state index >= 15 is 0 Å². The Labute approximate surface area is 142 Å². The highest BCUT2D eigenvalue weighted by Crippen LogP contribution is 2.33. The van der Waals surface area contributed by atoms with E-state index < -0.39 is 5.92 Å². The standard InChI is InChI=1S/C18H25N3O3/c1-5-21(11-16(23)20-18(2,3)4)17(24)13-10-15(22)19-14-9-7-6-8-12(13)14/h6-9,13H,5,10-11H2,1-4H3,(H,19,22)(H,20,23). The van der Waals surface area contributed by atoms with Crippen LogP contribution in [0, 0.1) is 0 Å². The van der Waals surface area contributed by atoms with Crippen LogP contribution in [0.1, 0.15) is 45.6 Å². The average Bonchev–Trinajstić information content (AvgIpc) is 2.49. The molecule has 0 radical (unpaired) electrons. The lowest BCUT2D eigenvalue weighted by molar-refractivity contribution is -0.138. The molecule has 0 saturated carbocycles. The van der Waals surface area contributed by atoms with Gasteiger partial charge in [0.2, 0.25) is 17.7 Å². The summed E-state index contributed by atoms with van der Waals surface area (Å²) >= 11 is 0. The topological polar surface area (TPSA) is 78.5 Å². The van der Waals surface area contributed by atoms with E-state index in [1.165, 1.54) is 4.90 Å². The van der Waals surface area contributed by atoms with Crippen molar-refractivity contribution in [3.8, 4) is 0 Å². The quantitative estimate of drug-likeness (QED) is 0.884. The summed E-state index contributed by atoms with van der Waals surface area (Å²) in [6, 6.07) is 7.30. The second kappa shape index (κ2) is 7.03. The van der Waals surface area contributed by atoms with Gasteiger partial charge in [-0.3, -0.25) is 14.4 Å². The third kappa shape index (κ3) is 4.34. The molecule has 0 bridgehead atoms. The summed E-state index contributed by atoms with van der Waals surface area (Å²) < 4.78 is 0. The smallest absolute Gasteiger partial charge is 0.240 e. The van der Waals surface area contributed by atoms with Crippen LogP contribution >= 0.6 is 0 Å². The molecule has 24 heavy (non-hydrogen) atoms. The minimum Gasteiger partial charge on any atom is -0.350 e. The third-order valence-corrected chi connectivity index (χ3v) is 3.84. The van der Waals surface area contributed by atoms with Gasteiger partial charge in [0, 0.05) is 24.2 Å². The molecule has 6 nitrogen and oxygen atoms in total. The van der Waals surface area contributed by atoms with Crippen molar-refractivity contribution >= 4 is 23.4 Å². The Bertz CT molecular complexity index is 649. The molecule has 1 heterocycles. The maximum atomic E-state index is 12.9. The van der Waals surface area contributed by atoms with Crippen LogP contribution < -0.4 is 10.6 Å². The highest BCUT2D eigenvalue weighted by molar-refractivity contribution is 6.01. The molecule has 2 rings (SSSR count). The molecular formula is C18H25N3O3. The van der Waals surface area contributed by atoms with Gasteiger partial charge in [-0.2, -0.15) is 0 Å². The number of hydrogen-bond acceptors (Lipinski definition) is 3. The lowest BCUT2D eigenvalue weighted by atomic mass is 9.89. The van der Waals surface area contributed by atoms with Crippen LogP contribution in [0.4, 0.5) is 5.69 Å². The summed E-state index contributed by atoms with van der Waals surface area (Å²) in [6.07, 6.45) is 0.104. The van der Waals surface area contributed by atoms with E-state index in [4.69, 9.17) is 0 Å². The number of para-hydroxylation sites is 1. The van der Waals surface area contributed by atoms with Gasteiger partial charge in [-0.05, 0) is 39.3 Å². The Balaban J connectivity index is 2.17. The minimum atomic E-state index is -0.544. The Hall–Kier alpha value is -2.37. The molecule has 1 aromatic rings. The summed E-state index contributed by atoms with van der Waals surface area (Å²) in [6.45, 7) is 7.92. The van der Waals surface area contributed by atoms with E-state index in [0.717, 1.165) is 5.56 Å². The first-order chi connectivity index (χ1) is 11.2. The van der Waals surface area contributed by atoms with E-state index in [0.29, 0.717) is 12.2 Å². The Morgan fingerprint density at radius 3 is 2.58 bits per heavy atom. The molecule has 0 aliphatic carbocycles. The number of fused-ring (bicyclic) bond motifs is 1. The van der Waals surface area contributed by atoms with Gasteiger partial charge in [-0.25, -0.2) is 0 Å². The second-order valence-electron chi connectivity index (χ2n) is 7.04. The zero-order valence-electron chi connectivity index (χ0n) is 14.7. The molecule has 1 aliphatic rings. The molecule has 0 fully saturated rings. The molecular weight excluding hydrogens is 306 g/mol. The summed E-state index contributed by atoms with van der Waals surface area (Å²) in [5.74, 6) is -1.12. The van der Waals surface area contributed by atoms with Crippen molar-refractivity contribution in [1.82, 2.24) is 10.2 Å². The molecule has 130 valence electrons. The maximum absolute atomic E-state index is 12.9. The number of amides is 3. The van der Waals surface area contributed by atoms with E-state index in [-0.39, 0.29) is 36.2 Å². The summed E-state index contributed by atoms with van der Waals surface area (Å²) in [7, 11) is 0. The van der Waals surface area contributed by atoms with Crippen LogP contribution in [0.15, 0.2) is 24.3 Å². The molecule has 1 aliphatic heterocycles. The Morgan fingerprint density at radius 1 is 1.29 bits per heavy atom. The molecule has 2 N–H and O–H groups in total. The van der Waals surface area contributed by atoms with Crippen LogP contribution in [-0.2, 0) is 14.4 Å². The van der Waals surface area contributed by atoms with E-state index in [1.54, 1.807) is 6.07 Å². The molecule has 6 heteroatoms. The molecule has 1 aromatic carbocycles. The number of benzene rings is 1. The second-order valence-corrected chi connectivity index (χ2v) is 7.04. The van der Waals surface area contributed by atoms with Crippen LogP contribution in [0.3, 0.4) is 0 Å². The van der Waals surface area contributed by atoms with Gasteiger partial charge >= 0.3 is 0 Å². The van der Waals surface area contributed by atoms with Crippen LogP contribution in [0.2, 0.25) is 0 Å². The fourth-order valence-corrected chi connectivity index (χ4v) is 2.83. The van der Waals surface area contributed by atoms with Gasteiger partial charge in [0.1, 0.15) is 0 Å². The lowest BCUT2D eigenvalue weighted by Gasteiger charge is -2.30. The third-order valence-electron chi connectivity index (χ3n) is 3.84. The van der Waals surface area contributed by atoms with Crippen molar-refractivity contribution < 1.29 is 14.4 Å². The number of likely N-dealkylation sites (N-methyl/N-ethyl adjacent to an activating group) is 1. The molecule has 1 unspecified atom stereocenters. The van der Waals surface area contributed by atoms with E-state index in [2.05, 4.69) is 10.6 Å². The monoisotopic (exact) mass is 331 g/mol. The van der Waals surface area contributed by atoms with E-state index in [1.807, 2.05) is 45.9 Å². The predicted molar refractivity (Wildman–Crippen MR) is 92.6 cm³/mol. The Morgan fingerprint density at radius 2 is 1.96 bits per heavy atom. The van der Waals surface area contributed by atoms with Crippen molar-refractivity contribution in [1.29, 1.82) is 0 Å². The first kappa shape index (κ1) is 18.0. The van der Waals surface area contributed by atoms with Crippen molar-refractivity contribution in [3.05, 3.63) is 29.8 Å². The van der Waals surface area contributed by atoms with Gasteiger partial charge in [-0.1, -0.05) is 18.2 Å². The largest absolute Gasteiger partial charge is 0.350 e. The van der Waals surface area contributed by atoms with Gasteiger partial charge < -0.3 is 15.5 Å². The van der Waals surface area contributed by atoms with Gasteiger partial charge in [0.25, 0.3) is 0 Å². The number of rotatable bonds is 4. The Kier molecular flexibility index (Phi) is 5.26. The van der Waals surface area contributed by atoms with Gasteiger partial charge in [0.15, 0.2) is 0 Å². The fraction of sp³-hybridized carbons (Fsp3) is 0.500. The van der Waals surface area contributed by atoms with Crippen molar-refractivity contribution in [2.75, 3.05) is 18.4 Å². The normalized spacial score (nSPS) is 16.8. The number of carbonyl (C=O) groups excluding carboxylic acids is 3. The zero-order chi connectivity index (χ0) is 17.9. The number of nitrogens with one attached hydrogen (secondary N) is 2. The average molecular weight is 331 g/mol. The molecule has 3 amide bonds. The van der Waals surface area contributed by atoms with Crippen LogP contribution in [0.5, 0.6) is 0 Å². The minimum absolute atomic E-state index is 0.00705. The summed E-state index contributed by atoms with van der Waals surface area (Å²) in [5, 5.41) is 5.64. The van der Waals surface area contributed by atoms with Crippen molar-refractivity contribution in [3.63, 3.8) is 0 Å². The van der Waals surface area contributed by atoms with Crippen LogP contribution in [0.25, 0.3) is 0 Å². The lowest BCUT2D eigenvalue weighted by Crippen LogP contribution is -2.48. The van der Waals surface area contributed by atoms with Gasteiger partial charge in [0.05, 0.1) is 12.5 Å². The number of anilines is 1. The zero-order valence-corrected chi connectivity index (χ0v) is 14.7. The molecule has 0 aromatic heterocycles. The number of nitrogens with zero attached hydrogens (tertiary/aromatic N) is 1. The highest BCUT2D eigenvalue weighted by atomic mass is 16.2. The fourth-order valence-electron chi connectivity index (χ4n) is 2.83. The molecule has 0 saturated heterocycles.